The number of nitrogens with one attached hydrogen (secondary N) is 2. The van der Waals surface area contributed by atoms with Gasteiger partial charge in [0.15, 0.2) is 0 Å². The summed E-state index contributed by atoms with van der Waals surface area (Å²) < 4.78 is 0. The fourth-order valence-electron chi connectivity index (χ4n) is 3.49. The van der Waals surface area contributed by atoms with Crippen LogP contribution in [0.25, 0.3) is 0 Å². The van der Waals surface area contributed by atoms with Gasteiger partial charge in [-0.1, -0.05) is 54.6 Å². The fourth-order valence-corrected chi connectivity index (χ4v) is 3.49. The van der Waals surface area contributed by atoms with Crippen molar-refractivity contribution in [2.75, 3.05) is 17.2 Å². The molecule has 0 bridgehead atoms. The topological polar surface area (TPSA) is 61.4 Å². The van der Waals surface area contributed by atoms with Crippen LogP contribution in [0.15, 0.2) is 78.9 Å². The predicted octanol–water partition coefficient (Wildman–Crippen LogP) is 4.46. The van der Waals surface area contributed by atoms with Crippen LogP contribution < -0.4 is 10.6 Å². The number of carbonyl (C=O) groups is 2. The van der Waals surface area contributed by atoms with E-state index in [1.54, 1.807) is 24.3 Å². The Morgan fingerprint density at radius 2 is 1.38 bits per heavy atom. The normalized spacial score (nSPS) is 12.8. The van der Waals surface area contributed by atoms with Gasteiger partial charge in [-0.05, 0) is 47.4 Å². The van der Waals surface area contributed by atoms with Gasteiger partial charge in [0.05, 0.1) is 6.42 Å². The molecule has 4 rings (SSSR count). The molecule has 0 unspecified atom stereocenters. The van der Waals surface area contributed by atoms with Gasteiger partial charge in [0.1, 0.15) is 0 Å². The van der Waals surface area contributed by atoms with Gasteiger partial charge in [0, 0.05) is 24.5 Å². The van der Waals surface area contributed by atoms with Gasteiger partial charge in [-0.15, -0.1) is 0 Å². The Hall–Kier alpha value is -3.60. The van der Waals surface area contributed by atoms with Crippen LogP contribution in [0.3, 0.4) is 0 Å². The van der Waals surface area contributed by atoms with Crippen molar-refractivity contribution in [1.29, 1.82) is 0 Å². The number of hydrogen-bond donors (Lipinski definition) is 2. The lowest BCUT2D eigenvalue weighted by atomic mass is 10.0. The predicted molar refractivity (Wildman–Crippen MR) is 115 cm³/mol. The Balaban J connectivity index is 1.31. The van der Waals surface area contributed by atoms with Gasteiger partial charge < -0.3 is 15.5 Å². The number of anilines is 2. The molecule has 3 amide bonds. The maximum atomic E-state index is 12.6. The average Bonchev–Trinajstić information content (AvgIpc) is 2.75. The first-order valence-corrected chi connectivity index (χ1v) is 9.74. The molecule has 1 aliphatic heterocycles. The highest BCUT2D eigenvalue weighted by Gasteiger charge is 2.20. The third-order valence-corrected chi connectivity index (χ3v) is 5.05. The van der Waals surface area contributed by atoms with Crippen LogP contribution >= 0.6 is 0 Å². The van der Waals surface area contributed by atoms with Crippen molar-refractivity contribution in [1.82, 2.24) is 4.90 Å². The van der Waals surface area contributed by atoms with E-state index in [0.717, 1.165) is 12.0 Å². The number of rotatable bonds is 4. The van der Waals surface area contributed by atoms with Crippen LogP contribution in [-0.2, 0) is 24.2 Å². The van der Waals surface area contributed by atoms with E-state index >= 15 is 0 Å². The van der Waals surface area contributed by atoms with Crippen LogP contribution in [0.5, 0.6) is 0 Å². The number of nitrogens with zero attached hydrogens (tertiary/aromatic N) is 1. The van der Waals surface area contributed by atoms with E-state index in [2.05, 4.69) is 22.8 Å². The first-order chi connectivity index (χ1) is 14.2. The molecule has 0 fully saturated rings. The minimum Gasteiger partial charge on any atom is -0.326 e. The molecule has 3 aromatic rings. The maximum absolute atomic E-state index is 12.6. The summed E-state index contributed by atoms with van der Waals surface area (Å²) in [4.78, 5) is 26.6. The van der Waals surface area contributed by atoms with Gasteiger partial charge in [-0.25, -0.2) is 4.79 Å². The highest BCUT2D eigenvalue weighted by Crippen LogP contribution is 2.20. The molecule has 1 heterocycles. The second-order valence-electron chi connectivity index (χ2n) is 7.16. The van der Waals surface area contributed by atoms with Gasteiger partial charge in [0.2, 0.25) is 5.91 Å². The zero-order chi connectivity index (χ0) is 20.1. The highest BCUT2D eigenvalue weighted by molar-refractivity contribution is 5.93. The minimum atomic E-state index is -0.111. The Labute approximate surface area is 170 Å². The van der Waals surface area contributed by atoms with E-state index in [-0.39, 0.29) is 11.9 Å². The lowest BCUT2D eigenvalue weighted by molar-refractivity contribution is -0.115. The summed E-state index contributed by atoms with van der Waals surface area (Å²) in [6.45, 7) is 1.33. The lowest BCUT2D eigenvalue weighted by Crippen LogP contribution is -2.38. The first kappa shape index (κ1) is 18.7. The summed E-state index contributed by atoms with van der Waals surface area (Å²) in [7, 11) is 0. The summed E-state index contributed by atoms with van der Waals surface area (Å²) in [6.07, 6.45) is 1.20. The Bertz CT molecular complexity index is 1000. The van der Waals surface area contributed by atoms with E-state index in [1.807, 2.05) is 47.4 Å². The first-order valence-electron chi connectivity index (χ1n) is 9.74. The molecule has 0 aliphatic carbocycles. The second kappa shape index (κ2) is 8.61. The summed E-state index contributed by atoms with van der Waals surface area (Å²) in [5.74, 6) is -0.0695. The summed E-state index contributed by atoms with van der Waals surface area (Å²) >= 11 is 0. The van der Waals surface area contributed by atoms with E-state index in [1.165, 1.54) is 11.1 Å². The molecule has 1 aliphatic rings. The zero-order valence-electron chi connectivity index (χ0n) is 16.1. The number of urea groups is 1. The van der Waals surface area contributed by atoms with E-state index in [9.17, 15) is 9.59 Å². The fraction of sp³-hybridized carbons (Fsp3) is 0.167. The average molecular weight is 385 g/mol. The van der Waals surface area contributed by atoms with E-state index in [0.29, 0.717) is 30.9 Å². The number of fused-ring (bicyclic) bond motifs is 1. The third-order valence-electron chi connectivity index (χ3n) is 5.05. The quantitative estimate of drug-likeness (QED) is 0.697. The summed E-state index contributed by atoms with van der Waals surface area (Å²) in [5.41, 5.74) is 4.89. The zero-order valence-corrected chi connectivity index (χ0v) is 16.1. The van der Waals surface area contributed by atoms with Crippen LogP contribution in [0.2, 0.25) is 0 Å². The Morgan fingerprint density at radius 3 is 2.10 bits per heavy atom. The standard InChI is InChI=1S/C24H23N3O2/c28-23(16-18-6-2-1-3-7-18)25-21-10-12-22(13-11-21)26-24(29)27-15-14-19-8-4-5-9-20(19)17-27/h1-13H,14-17H2,(H,25,28)(H,26,29). The molecule has 0 spiro atoms. The molecule has 5 nitrogen and oxygen atoms in total. The SMILES string of the molecule is O=C(Cc1ccccc1)Nc1ccc(NC(=O)N2CCc3ccccc3C2)cc1. The molecule has 2 N–H and O–H groups in total. The van der Waals surface area contributed by atoms with Crippen molar-refractivity contribution in [2.24, 2.45) is 0 Å². The molecule has 0 radical (unpaired) electrons. The molecule has 0 saturated heterocycles. The van der Waals surface area contributed by atoms with Crippen molar-refractivity contribution < 1.29 is 9.59 Å². The Kier molecular flexibility index (Phi) is 5.56. The minimum absolute atomic E-state index is 0.0695. The number of benzene rings is 3. The van der Waals surface area contributed by atoms with Crippen LogP contribution in [0.1, 0.15) is 16.7 Å². The molecule has 0 aromatic heterocycles. The van der Waals surface area contributed by atoms with Crippen LogP contribution in [0, 0.1) is 0 Å². The molecular formula is C24H23N3O2. The monoisotopic (exact) mass is 385 g/mol. The van der Waals surface area contributed by atoms with Crippen molar-refractivity contribution in [3.8, 4) is 0 Å². The lowest BCUT2D eigenvalue weighted by Gasteiger charge is -2.29. The molecule has 146 valence electrons. The second-order valence-corrected chi connectivity index (χ2v) is 7.16. The molecule has 0 atom stereocenters. The number of carbonyl (C=O) groups excluding carboxylic acids is 2. The van der Waals surface area contributed by atoms with Crippen molar-refractivity contribution in [3.63, 3.8) is 0 Å². The Morgan fingerprint density at radius 1 is 0.759 bits per heavy atom. The number of amides is 3. The van der Waals surface area contributed by atoms with Crippen molar-refractivity contribution in [2.45, 2.75) is 19.4 Å². The highest BCUT2D eigenvalue weighted by atomic mass is 16.2. The van der Waals surface area contributed by atoms with E-state index < -0.39 is 0 Å². The largest absolute Gasteiger partial charge is 0.326 e. The van der Waals surface area contributed by atoms with Gasteiger partial charge in [-0.3, -0.25) is 4.79 Å². The maximum Gasteiger partial charge on any atom is 0.322 e. The van der Waals surface area contributed by atoms with Crippen LogP contribution in [-0.4, -0.2) is 23.4 Å². The van der Waals surface area contributed by atoms with Crippen molar-refractivity contribution >= 4 is 23.3 Å². The summed E-state index contributed by atoms with van der Waals surface area (Å²) in [5, 5.41) is 5.82. The molecular weight excluding hydrogens is 362 g/mol. The van der Waals surface area contributed by atoms with Crippen molar-refractivity contribution in [3.05, 3.63) is 95.6 Å². The molecule has 29 heavy (non-hydrogen) atoms. The van der Waals surface area contributed by atoms with Gasteiger partial charge in [-0.2, -0.15) is 0 Å². The summed E-state index contributed by atoms with van der Waals surface area (Å²) in [6, 6.07) is 24.9. The third kappa shape index (κ3) is 4.82. The van der Waals surface area contributed by atoms with Gasteiger partial charge >= 0.3 is 6.03 Å². The van der Waals surface area contributed by atoms with Crippen LogP contribution in [0.4, 0.5) is 16.2 Å². The molecule has 3 aromatic carbocycles. The number of hydrogen-bond acceptors (Lipinski definition) is 2. The molecule has 5 heteroatoms. The van der Waals surface area contributed by atoms with Gasteiger partial charge in [0.25, 0.3) is 0 Å². The van der Waals surface area contributed by atoms with E-state index in [4.69, 9.17) is 0 Å². The smallest absolute Gasteiger partial charge is 0.322 e. The molecule has 0 saturated carbocycles.